The maximum Gasteiger partial charge on any atom is 0.119 e. The van der Waals surface area contributed by atoms with Gasteiger partial charge in [-0.1, -0.05) is 58.6 Å². The summed E-state index contributed by atoms with van der Waals surface area (Å²) in [5, 5.41) is 31.1. The lowest BCUT2D eigenvalue weighted by molar-refractivity contribution is 0.00985. The fourth-order valence-corrected chi connectivity index (χ4v) is 6.00. The van der Waals surface area contributed by atoms with E-state index in [1.807, 2.05) is 6.07 Å². The molecule has 0 spiro atoms. The largest absolute Gasteiger partial charge is 0.508 e. The molecule has 0 saturated heterocycles. The zero-order valence-corrected chi connectivity index (χ0v) is 18.7. The first-order valence-electron chi connectivity index (χ1n) is 12.0. The first-order chi connectivity index (χ1) is 13.9. The molecule has 3 N–H and O–H groups in total. The molecular weight excluding hydrogens is 360 g/mol. The number of aliphatic hydroxyl groups is 2. The van der Waals surface area contributed by atoms with Crippen LogP contribution >= 0.6 is 0 Å². The summed E-state index contributed by atoms with van der Waals surface area (Å²) in [6.45, 7) is 7.06. The average Bonchev–Trinajstić information content (AvgIpc) is 2.70. The molecule has 3 rings (SSSR count). The van der Waals surface area contributed by atoms with Gasteiger partial charge in [0.05, 0.1) is 6.10 Å². The zero-order chi connectivity index (χ0) is 21.0. The number of unbranched alkanes of at least 4 members (excludes halogenated alkanes) is 3. The molecule has 2 aliphatic carbocycles. The lowest BCUT2D eigenvalue weighted by Gasteiger charge is -2.46. The molecule has 0 heterocycles. The van der Waals surface area contributed by atoms with Crippen LogP contribution in [0.4, 0.5) is 0 Å². The highest BCUT2D eigenvalue weighted by molar-refractivity contribution is 5.42. The fraction of sp³-hybridized carbons (Fsp3) is 0.769. The molecule has 0 amide bonds. The van der Waals surface area contributed by atoms with Crippen LogP contribution in [0.25, 0.3) is 0 Å². The molecule has 4 unspecified atom stereocenters. The summed E-state index contributed by atoms with van der Waals surface area (Å²) in [6.07, 6.45) is 10.7. The average molecular weight is 403 g/mol. The Kier molecular flexibility index (Phi) is 7.67. The van der Waals surface area contributed by atoms with Crippen molar-refractivity contribution in [3.63, 3.8) is 0 Å². The normalized spacial score (nSPS) is 30.2. The van der Waals surface area contributed by atoms with E-state index in [-0.39, 0.29) is 24.0 Å². The third-order valence-electron chi connectivity index (χ3n) is 7.90. The minimum Gasteiger partial charge on any atom is -0.508 e. The summed E-state index contributed by atoms with van der Waals surface area (Å²) in [5.74, 6) is 1.94. The molecule has 3 heteroatoms. The molecule has 3 nitrogen and oxygen atoms in total. The summed E-state index contributed by atoms with van der Waals surface area (Å²) < 4.78 is 0. The quantitative estimate of drug-likeness (QED) is 0.474. The van der Waals surface area contributed by atoms with Crippen LogP contribution in [0.1, 0.15) is 102 Å². The summed E-state index contributed by atoms with van der Waals surface area (Å²) in [6, 6.07) is 6.31. The van der Waals surface area contributed by atoms with Gasteiger partial charge in [0.25, 0.3) is 0 Å². The van der Waals surface area contributed by atoms with E-state index in [4.69, 9.17) is 0 Å². The third kappa shape index (κ3) is 5.35. The SMILES string of the molecule is CCCCCCC(C)(C)c1ccc(C2C[C@@H](O)CC3CCC(CO)CC32)c(O)c1. The molecular formula is C26H42O3. The summed E-state index contributed by atoms with van der Waals surface area (Å²) in [4.78, 5) is 0. The van der Waals surface area contributed by atoms with E-state index in [9.17, 15) is 15.3 Å². The molecule has 2 saturated carbocycles. The molecule has 164 valence electrons. The molecule has 5 atom stereocenters. The predicted molar refractivity (Wildman–Crippen MR) is 119 cm³/mol. The standard InChI is InChI=1S/C26H42O3/c1-4-5-6-7-12-26(2,3)20-10-11-22(25(29)15-20)24-16-21(28)14-19-9-8-18(17-27)13-23(19)24/h10-11,15,18-19,21,23-24,27-29H,4-9,12-14,16-17H2,1-3H3/t18?,19?,21-,23?,24?/m0/s1. The van der Waals surface area contributed by atoms with Crippen LogP contribution in [0, 0.1) is 17.8 Å². The van der Waals surface area contributed by atoms with Crippen molar-refractivity contribution in [2.75, 3.05) is 6.61 Å². The number of aliphatic hydroxyl groups excluding tert-OH is 2. The Morgan fingerprint density at radius 3 is 2.52 bits per heavy atom. The molecule has 0 aromatic heterocycles. The Hall–Kier alpha value is -1.06. The molecule has 1 aromatic carbocycles. The number of fused-ring (bicyclic) bond motifs is 1. The minimum absolute atomic E-state index is 0.0607. The van der Waals surface area contributed by atoms with E-state index in [0.717, 1.165) is 44.1 Å². The molecule has 29 heavy (non-hydrogen) atoms. The number of phenolic OH excluding ortho intramolecular Hbond substituents is 1. The van der Waals surface area contributed by atoms with Gasteiger partial charge in [-0.3, -0.25) is 0 Å². The van der Waals surface area contributed by atoms with Crippen LogP contribution in [-0.4, -0.2) is 28.0 Å². The number of hydrogen-bond donors (Lipinski definition) is 3. The van der Waals surface area contributed by atoms with Gasteiger partial charge in [0.2, 0.25) is 0 Å². The van der Waals surface area contributed by atoms with Crippen molar-refractivity contribution in [2.45, 2.75) is 102 Å². The van der Waals surface area contributed by atoms with Gasteiger partial charge < -0.3 is 15.3 Å². The third-order valence-corrected chi connectivity index (χ3v) is 7.90. The molecule has 0 bridgehead atoms. The highest BCUT2D eigenvalue weighted by atomic mass is 16.3. The fourth-order valence-electron chi connectivity index (χ4n) is 6.00. The number of benzene rings is 1. The van der Waals surface area contributed by atoms with Crippen molar-refractivity contribution in [2.24, 2.45) is 17.8 Å². The first-order valence-corrected chi connectivity index (χ1v) is 12.0. The predicted octanol–water partition coefficient (Wildman–Crippen LogP) is 5.90. The van der Waals surface area contributed by atoms with Crippen molar-refractivity contribution in [3.8, 4) is 5.75 Å². The monoisotopic (exact) mass is 402 g/mol. The number of hydrogen-bond acceptors (Lipinski definition) is 3. The van der Waals surface area contributed by atoms with Crippen LogP contribution in [0.15, 0.2) is 18.2 Å². The second-order valence-corrected chi connectivity index (χ2v) is 10.5. The second kappa shape index (κ2) is 9.83. The van der Waals surface area contributed by atoms with Gasteiger partial charge in [-0.05, 0) is 84.8 Å². The van der Waals surface area contributed by atoms with Gasteiger partial charge in [0.1, 0.15) is 5.75 Å². The van der Waals surface area contributed by atoms with Gasteiger partial charge in [0.15, 0.2) is 0 Å². The van der Waals surface area contributed by atoms with Gasteiger partial charge in [-0.15, -0.1) is 0 Å². The molecule has 1 aromatic rings. The number of aromatic hydroxyl groups is 1. The van der Waals surface area contributed by atoms with Gasteiger partial charge in [-0.25, -0.2) is 0 Å². The van der Waals surface area contributed by atoms with Crippen LogP contribution in [0.5, 0.6) is 5.75 Å². The van der Waals surface area contributed by atoms with E-state index in [1.54, 1.807) is 0 Å². The second-order valence-electron chi connectivity index (χ2n) is 10.5. The summed E-state index contributed by atoms with van der Waals surface area (Å²) in [5.41, 5.74) is 2.27. The molecule has 0 radical (unpaired) electrons. The van der Waals surface area contributed by atoms with Crippen LogP contribution in [0.3, 0.4) is 0 Å². The van der Waals surface area contributed by atoms with Crippen LogP contribution < -0.4 is 0 Å². The Balaban J connectivity index is 1.77. The molecule has 2 aliphatic rings. The van der Waals surface area contributed by atoms with Crippen molar-refractivity contribution < 1.29 is 15.3 Å². The molecule has 2 fully saturated rings. The number of phenols is 1. The van der Waals surface area contributed by atoms with Gasteiger partial charge in [0, 0.05) is 6.61 Å². The number of rotatable bonds is 8. The van der Waals surface area contributed by atoms with Crippen molar-refractivity contribution in [3.05, 3.63) is 29.3 Å². The van der Waals surface area contributed by atoms with E-state index in [2.05, 4.69) is 32.9 Å². The van der Waals surface area contributed by atoms with Gasteiger partial charge >= 0.3 is 0 Å². The lowest BCUT2D eigenvalue weighted by atomic mass is 9.60. The maximum atomic E-state index is 11.0. The van der Waals surface area contributed by atoms with E-state index >= 15 is 0 Å². The first kappa shape index (κ1) is 22.6. The lowest BCUT2D eigenvalue weighted by Crippen LogP contribution is -2.38. The molecule has 0 aliphatic heterocycles. The Morgan fingerprint density at radius 2 is 1.83 bits per heavy atom. The Labute approximate surface area is 177 Å². The smallest absolute Gasteiger partial charge is 0.119 e. The van der Waals surface area contributed by atoms with Crippen LogP contribution in [-0.2, 0) is 5.41 Å². The maximum absolute atomic E-state index is 11.0. The highest BCUT2D eigenvalue weighted by Crippen LogP contribution is 2.51. The Morgan fingerprint density at radius 1 is 1.03 bits per heavy atom. The van der Waals surface area contributed by atoms with Crippen molar-refractivity contribution >= 4 is 0 Å². The van der Waals surface area contributed by atoms with E-state index in [0.29, 0.717) is 23.5 Å². The summed E-state index contributed by atoms with van der Waals surface area (Å²) in [7, 11) is 0. The minimum atomic E-state index is -0.277. The highest BCUT2D eigenvalue weighted by Gasteiger charge is 2.42. The van der Waals surface area contributed by atoms with E-state index in [1.165, 1.54) is 31.2 Å². The van der Waals surface area contributed by atoms with Crippen molar-refractivity contribution in [1.29, 1.82) is 0 Å². The zero-order valence-electron chi connectivity index (χ0n) is 18.7. The van der Waals surface area contributed by atoms with Crippen molar-refractivity contribution in [1.82, 2.24) is 0 Å². The summed E-state index contributed by atoms with van der Waals surface area (Å²) >= 11 is 0. The Bertz CT molecular complexity index is 653. The topological polar surface area (TPSA) is 60.7 Å². The van der Waals surface area contributed by atoms with Gasteiger partial charge in [-0.2, -0.15) is 0 Å². The van der Waals surface area contributed by atoms with E-state index < -0.39 is 0 Å². The van der Waals surface area contributed by atoms with Crippen LogP contribution in [0.2, 0.25) is 0 Å².